The largest absolute Gasteiger partial charge is 0.495 e. The number of carbonyl (C=O) groups is 2. The van der Waals surface area contributed by atoms with Gasteiger partial charge in [-0.05, 0) is 31.2 Å². The third-order valence-corrected chi connectivity index (χ3v) is 3.77. The van der Waals surface area contributed by atoms with Crippen molar-refractivity contribution in [3.8, 4) is 5.75 Å². The van der Waals surface area contributed by atoms with Crippen molar-refractivity contribution in [1.82, 2.24) is 5.32 Å². The Morgan fingerprint density at radius 3 is 2.58 bits per heavy atom. The standard InChI is InChI=1S/C17H16ClN3O5/c1-10(16(22)20-12-6-7-15(26-2)14(18)9-12)19-17(23)11-4-3-5-13(8-11)21(24)25/h3-10H,1-2H3,(H,19,23)(H,20,22)/t10-/m0/s1. The molecule has 0 bridgehead atoms. The second kappa shape index (κ2) is 8.30. The van der Waals surface area contributed by atoms with Crippen molar-refractivity contribution in [1.29, 1.82) is 0 Å². The minimum absolute atomic E-state index is 0.0892. The maximum absolute atomic E-state index is 12.2. The van der Waals surface area contributed by atoms with Gasteiger partial charge in [-0.25, -0.2) is 0 Å². The molecule has 0 heterocycles. The predicted molar refractivity (Wildman–Crippen MR) is 96.7 cm³/mol. The highest BCUT2D eigenvalue weighted by Crippen LogP contribution is 2.27. The van der Waals surface area contributed by atoms with Crippen LogP contribution in [0, 0.1) is 10.1 Å². The number of benzene rings is 2. The number of nitrogens with one attached hydrogen (secondary N) is 2. The van der Waals surface area contributed by atoms with E-state index >= 15 is 0 Å². The van der Waals surface area contributed by atoms with E-state index in [1.54, 1.807) is 12.1 Å². The summed E-state index contributed by atoms with van der Waals surface area (Å²) in [5.74, 6) is -0.592. The van der Waals surface area contributed by atoms with Crippen molar-refractivity contribution in [3.63, 3.8) is 0 Å². The van der Waals surface area contributed by atoms with E-state index in [9.17, 15) is 19.7 Å². The van der Waals surface area contributed by atoms with Crippen LogP contribution in [0.1, 0.15) is 17.3 Å². The summed E-state index contributed by atoms with van der Waals surface area (Å²) in [7, 11) is 1.48. The summed E-state index contributed by atoms with van der Waals surface area (Å²) in [6.07, 6.45) is 0. The van der Waals surface area contributed by atoms with Gasteiger partial charge < -0.3 is 15.4 Å². The first kappa shape index (κ1) is 19.2. The molecule has 0 aliphatic carbocycles. The van der Waals surface area contributed by atoms with Gasteiger partial charge in [0.1, 0.15) is 11.8 Å². The van der Waals surface area contributed by atoms with Gasteiger partial charge in [0, 0.05) is 23.4 Å². The van der Waals surface area contributed by atoms with E-state index in [2.05, 4.69) is 10.6 Å². The fourth-order valence-corrected chi connectivity index (χ4v) is 2.36. The number of non-ortho nitro benzene ring substituents is 1. The van der Waals surface area contributed by atoms with Gasteiger partial charge >= 0.3 is 0 Å². The number of methoxy groups -OCH3 is 1. The topological polar surface area (TPSA) is 111 Å². The average molecular weight is 378 g/mol. The first-order valence-electron chi connectivity index (χ1n) is 7.51. The van der Waals surface area contributed by atoms with Crippen molar-refractivity contribution in [2.75, 3.05) is 12.4 Å². The molecule has 0 radical (unpaired) electrons. The number of rotatable bonds is 6. The molecule has 2 aromatic carbocycles. The summed E-state index contributed by atoms with van der Waals surface area (Å²) >= 11 is 6.00. The Balaban J connectivity index is 2.02. The summed E-state index contributed by atoms with van der Waals surface area (Å²) in [4.78, 5) is 34.6. The van der Waals surface area contributed by atoms with Crippen molar-refractivity contribution in [2.24, 2.45) is 0 Å². The molecule has 1 atom stereocenters. The van der Waals surface area contributed by atoms with E-state index in [-0.39, 0.29) is 11.3 Å². The molecule has 136 valence electrons. The molecule has 0 saturated heterocycles. The highest BCUT2D eigenvalue weighted by molar-refractivity contribution is 6.32. The zero-order valence-electron chi connectivity index (χ0n) is 14.0. The molecule has 2 N–H and O–H groups in total. The smallest absolute Gasteiger partial charge is 0.270 e. The van der Waals surface area contributed by atoms with Gasteiger partial charge in [-0.2, -0.15) is 0 Å². The molecule has 0 spiro atoms. The predicted octanol–water partition coefficient (Wildman–Crippen LogP) is 3.01. The van der Waals surface area contributed by atoms with E-state index in [1.807, 2.05) is 0 Å². The molecule has 0 fully saturated rings. The fourth-order valence-electron chi connectivity index (χ4n) is 2.10. The van der Waals surface area contributed by atoms with Gasteiger partial charge in [-0.1, -0.05) is 17.7 Å². The van der Waals surface area contributed by atoms with Crippen LogP contribution in [0.25, 0.3) is 0 Å². The van der Waals surface area contributed by atoms with E-state index in [1.165, 1.54) is 38.3 Å². The van der Waals surface area contributed by atoms with Crippen LogP contribution in [0.5, 0.6) is 5.75 Å². The summed E-state index contributed by atoms with van der Waals surface area (Å²) in [6.45, 7) is 1.50. The maximum Gasteiger partial charge on any atom is 0.270 e. The molecule has 0 saturated carbocycles. The van der Waals surface area contributed by atoms with Crippen molar-refractivity contribution in [3.05, 3.63) is 63.2 Å². The quantitative estimate of drug-likeness (QED) is 0.593. The summed E-state index contributed by atoms with van der Waals surface area (Å²) < 4.78 is 5.03. The number of halogens is 1. The third kappa shape index (κ3) is 4.70. The lowest BCUT2D eigenvalue weighted by Crippen LogP contribution is -2.41. The van der Waals surface area contributed by atoms with Crippen LogP contribution < -0.4 is 15.4 Å². The van der Waals surface area contributed by atoms with Crippen molar-refractivity contribution >= 4 is 34.8 Å². The third-order valence-electron chi connectivity index (χ3n) is 3.48. The van der Waals surface area contributed by atoms with Crippen molar-refractivity contribution < 1.29 is 19.2 Å². The van der Waals surface area contributed by atoms with E-state index in [0.717, 1.165) is 6.07 Å². The number of anilines is 1. The Bertz CT molecular complexity index is 856. The normalized spacial score (nSPS) is 11.3. The lowest BCUT2D eigenvalue weighted by atomic mass is 10.1. The molecule has 9 heteroatoms. The SMILES string of the molecule is COc1ccc(NC(=O)[C@H](C)NC(=O)c2cccc([N+](=O)[O-])c2)cc1Cl. The molecular weight excluding hydrogens is 362 g/mol. The molecule has 0 aliphatic rings. The molecule has 2 rings (SSSR count). The van der Waals surface area contributed by atoms with E-state index < -0.39 is 22.8 Å². The fraction of sp³-hybridized carbons (Fsp3) is 0.176. The Morgan fingerprint density at radius 2 is 1.96 bits per heavy atom. The molecule has 26 heavy (non-hydrogen) atoms. The molecule has 2 amide bonds. The molecule has 0 unspecified atom stereocenters. The molecule has 8 nitrogen and oxygen atoms in total. The Hall–Kier alpha value is -3.13. The van der Waals surface area contributed by atoms with Crippen LogP contribution in [-0.4, -0.2) is 29.9 Å². The van der Waals surface area contributed by atoms with Gasteiger partial charge in [-0.3, -0.25) is 19.7 Å². The van der Waals surface area contributed by atoms with Crippen LogP contribution in [-0.2, 0) is 4.79 Å². The molecular formula is C17H16ClN3O5. The van der Waals surface area contributed by atoms with Crippen LogP contribution in [0.3, 0.4) is 0 Å². The first-order chi connectivity index (χ1) is 12.3. The lowest BCUT2D eigenvalue weighted by molar-refractivity contribution is -0.384. The van der Waals surface area contributed by atoms with Crippen molar-refractivity contribution in [2.45, 2.75) is 13.0 Å². The number of hydrogen-bond donors (Lipinski definition) is 2. The number of nitro benzene ring substituents is 1. The Labute approximate surface area is 154 Å². The molecule has 0 aromatic heterocycles. The van der Waals surface area contributed by atoms with Gasteiger partial charge in [0.05, 0.1) is 17.1 Å². The number of hydrogen-bond acceptors (Lipinski definition) is 5. The second-order valence-corrected chi connectivity index (χ2v) is 5.75. The summed E-state index contributed by atoms with van der Waals surface area (Å²) in [6, 6.07) is 9.11. The maximum atomic E-state index is 12.2. The van der Waals surface area contributed by atoms with Gasteiger partial charge in [0.25, 0.3) is 11.6 Å². The van der Waals surface area contributed by atoms with Crippen LogP contribution >= 0.6 is 11.6 Å². The highest BCUT2D eigenvalue weighted by atomic mass is 35.5. The van der Waals surface area contributed by atoms with E-state index in [0.29, 0.717) is 16.5 Å². The Kier molecular flexibility index (Phi) is 6.13. The molecule has 2 aromatic rings. The summed E-state index contributed by atoms with van der Waals surface area (Å²) in [5.41, 5.74) is 0.325. The highest BCUT2D eigenvalue weighted by Gasteiger charge is 2.18. The van der Waals surface area contributed by atoms with Crippen LogP contribution in [0.15, 0.2) is 42.5 Å². The van der Waals surface area contributed by atoms with E-state index in [4.69, 9.17) is 16.3 Å². The van der Waals surface area contributed by atoms with Crippen LogP contribution in [0.4, 0.5) is 11.4 Å². The second-order valence-electron chi connectivity index (χ2n) is 5.34. The van der Waals surface area contributed by atoms with Crippen LogP contribution in [0.2, 0.25) is 5.02 Å². The summed E-state index contributed by atoms with van der Waals surface area (Å²) in [5, 5.41) is 16.2. The molecule has 0 aliphatic heterocycles. The monoisotopic (exact) mass is 377 g/mol. The first-order valence-corrected chi connectivity index (χ1v) is 7.89. The zero-order chi connectivity index (χ0) is 19.3. The van der Waals surface area contributed by atoms with Gasteiger partial charge in [0.15, 0.2) is 0 Å². The number of nitro groups is 1. The number of carbonyl (C=O) groups excluding carboxylic acids is 2. The number of amides is 2. The number of nitrogens with zero attached hydrogens (tertiary/aromatic N) is 1. The van der Waals surface area contributed by atoms with Gasteiger partial charge in [-0.15, -0.1) is 0 Å². The average Bonchev–Trinajstić information content (AvgIpc) is 2.61. The minimum atomic E-state index is -0.873. The number of ether oxygens (including phenoxy) is 1. The zero-order valence-corrected chi connectivity index (χ0v) is 14.7. The Morgan fingerprint density at radius 1 is 1.23 bits per heavy atom. The lowest BCUT2D eigenvalue weighted by Gasteiger charge is -2.15. The van der Waals surface area contributed by atoms with Gasteiger partial charge in [0.2, 0.25) is 5.91 Å². The minimum Gasteiger partial charge on any atom is -0.495 e.